The fourth-order valence-corrected chi connectivity index (χ4v) is 4.64. The van der Waals surface area contributed by atoms with Gasteiger partial charge in [-0.3, -0.25) is 15.1 Å². The zero-order valence-corrected chi connectivity index (χ0v) is 12.5. The third kappa shape index (κ3) is 2.87. The number of nitro benzene ring substituents is 1. The van der Waals surface area contributed by atoms with Crippen LogP contribution < -0.4 is 5.32 Å². The Morgan fingerprint density at radius 3 is 2.82 bits per heavy atom. The van der Waals surface area contributed by atoms with Crippen LogP contribution in [0.15, 0.2) is 30.6 Å². The van der Waals surface area contributed by atoms with Crippen LogP contribution in [0.2, 0.25) is 0 Å². The molecular weight excluding hydrogens is 306 g/mol. The first-order valence-corrected chi connectivity index (χ1v) is 8.74. The predicted octanol–water partition coefficient (Wildman–Crippen LogP) is 1.99. The van der Waals surface area contributed by atoms with Crippen molar-refractivity contribution in [3.8, 4) is 0 Å². The molecule has 0 aliphatic carbocycles. The van der Waals surface area contributed by atoms with Gasteiger partial charge in [-0.1, -0.05) is 0 Å². The van der Waals surface area contributed by atoms with Crippen LogP contribution in [0.4, 0.5) is 11.4 Å². The van der Waals surface area contributed by atoms with E-state index in [0.29, 0.717) is 23.7 Å². The van der Waals surface area contributed by atoms with Crippen molar-refractivity contribution in [3.05, 3.63) is 40.7 Å². The molecule has 1 atom stereocenters. The zero-order valence-electron chi connectivity index (χ0n) is 11.7. The summed E-state index contributed by atoms with van der Waals surface area (Å²) in [5.74, 6) is 0.522. The molecule has 22 heavy (non-hydrogen) atoms. The summed E-state index contributed by atoms with van der Waals surface area (Å²) >= 11 is 0. The van der Waals surface area contributed by atoms with E-state index >= 15 is 0 Å². The number of sulfone groups is 1. The fourth-order valence-electron chi connectivity index (χ4n) is 2.78. The molecule has 0 spiro atoms. The lowest BCUT2D eigenvalue weighted by Crippen LogP contribution is -2.15. The third-order valence-corrected chi connectivity index (χ3v) is 5.74. The van der Waals surface area contributed by atoms with Gasteiger partial charge in [-0.05, 0) is 24.5 Å². The summed E-state index contributed by atoms with van der Waals surface area (Å²) in [5.41, 5.74) is 0.768. The molecule has 7 nitrogen and oxygen atoms in total. The summed E-state index contributed by atoms with van der Waals surface area (Å²) < 4.78 is 22.9. The smallest absolute Gasteiger partial charge is 0.278 e. The van der Waals surface area contributed by atoms with Gasteiger partial charge in [0.1, 0.15) is 0 Å². The van der Waals surface area contributed by atoms with Crippen molar-refractivity contribution in [2.24, 2.45) is 5.92 Å². The molecule has 0 bridgehead atoms. The van der Waals surface area contributed by atoms with Gasteiger partial charge in [0.2, 0.25) is 0 Å². The Balaban J connectivity index is 1.86. The summed E-state index contributed by atoms with van der Waals surface area (Å²) in [7, 11) is -2.90. The third-order valence-electron chi connectivity index (χ3n) is 3.90. The number of hydrogen-bond donors (Lipinski definition) is 1. The molecule has 1 N–H and O–H groups in total. The lowest BCUT2D eigenvalue weighted by molar-refractivity contribution is -0.383. The Morgan fingerprint density at radius 2 is 2.14 bits per heavy atom. The van der Waals surface area contributed by atoms with E-state index in [-0.39, 0.29) is 23.1 Å². The normalized spacial score (nSPS) is 20.1. The van der Waals surface area contributed by atoms with Gasteiger partial charge < -0.3 is 5.32 Å². The van der Waals surface area contributed by atoms with Gasteiger partial charge in [0.15, 0.2) is 9.84 Å². The van der Waals surface area contributed by atoms with Crippen LogP contribution in [0.5, 0.6) is 0 Å². The number of anilines is 1. The van der Waals surface area contributed by atoms with Crippen molar-refractivity contribution >= 4 is 32.0 Å². The molecule has 1 aliphatic heterocycles. The summed E-state index contributed by atoms with van der Waals surface area (Å²) in [6, 6.07) is 4.82. The Hall–Kier alpha value is -2.22. The fraction of sp³-hybridized carbons (Fsp3) is 0.357. The first-order valence-electron chi connectivity index (χ1n) is 6.92. The maximum Gasteiger partial charge on any atom is 0.278 e. The second-order valence-electron chi connectivity index (χ2n) is 5.46. The van der Waals surface area contributed by atoms with Gasteiger partial charge in [-0.15, -0.1) is 0 Å². The van der Waals surface area contributed by atoms with Crippen molar-refractivity contribution in [1.82, 2.24) is 4.98 Å². The van der Waals surface area contributed by atoms with Gasteiger partial charge in [0.05, 0.1) is 21.8 Å². The predicted molar refractivity (Wildman–Crippen MR) is 83.6 cm³/mol. The van der Waals surface area contributed by atoms with Crippen molar-refractivity contribution in [2.45, 2.75) is 6.42 Å². The summed E-state index contributed by atoms with van der Waals surface area (Å²) in [6.45, 7) is 0.536. The van der Waals surface area contributed by atoms with E-state index in [1.54, 1.807) is 18.3 Å². The van der Waals surface area contributed by atoms with Gasteiger partial charge in [0, 0.05) is 36.1 Å². The van der Waals surface area contributed by atoms with Crippen molar-refractivity contribution < 1.29 is 13.3 Å². The Kier molecular flexibility index (Phi) is 3.69. The first-order chi connectivity index (χ1) is 10.5. The second kappa shape index (κ2) is 5.53. The topological polar surface area (TPSA) is 102 Å². The molecule has 1 unspecified atom stereocenters. The van der Waals surface area contributed by atoms with E-state index in [4.69, 9.17) is 0 Å². The van der Waals surface area contributed by atoms with Crippen molar-refractivity contribution in [3.63, 3.8) is 0 Å². The number of benzene rings is 1. The number of nitro groups is 1. The quantitative estimate of drug-likeness (QED) is 0.682. The molecule has 0 radical (unpaired) electrons. The number of fused-ring (bicyclic) bond motifs is 1. The van der Waals surface area contributed by atoms with Crippen LogP contribution in [0.3, 0.4) is 0 Å². The van der Waals surface area contributed by atoms with E-state index in [1.807, 2.05) is 0 Å². The molecule has 8 heteroatoms. The largest absolute Gasteiger partial charge is 0.384 e. The van der Waals surface area contributed by atoms with Crippen molar-refractivity contribution in [1.29, 1.82) is 0 Å². The molecule has 0 saturated carbocycles. The average Bonchev–Trinajstić information content (AvgIpc) is 2.83. The molecular formula is C14H15N3O4S. The maximum absolute atomic E-state index is 11.5. The number of nitrogens with one attached hydrogen (secondary N) is 1. The molecule has 1 aliphatic rings. The first kappa shape index (κ1) is 14.7. The minimum Gasteiger partial charge on any atom is -0.384 e. The van der Waals surface area contributed by atoms with E-state index < -0.39 is 14.8 Å². The second-order valence-corrected chi connectivity index (χ2v) is 7.69. The van der Waals surface area contributed by atoms with Gasteiger partial charge in [-0.25, -0.2) is 8.42 Å². The molecule has 1 saturated heterocycles. The van der Waals surface area contributed by atoms with Crippen LogP contribution in [0.1, 0.15) is 6.42 Å². The molecule has 2 heterocycles. The number of hydrogen-bond acceptors (Lipinski definition) is 6. The van der Waals surface area contributed by atoms with Crippen LogP contribution in [-0.2, 0) is 9.84 Å². The van der Waals surface area contributed by atoms with Crippen molar-refractivity contribution in [2.75, 3.05) is 23.4 Å². The summed E-state index contributed by atoms with van der Waals surface area (Å²) in [5, 5.41) is 15.5. The number of nitrogens with zero attached hydrogens (tertiary/aromatic N) is 2. The van der Waals surface area contributed by atoms with Gasteiger partial charge >= 0.3 is 0 Å². The van der Waals surface area contributed by atoms with E-state index in [0.717, 1.165) is 5.69 Å². The minimum absolute atomic E-state index is 0.0112. The SMILES string of the molecule is O=[N+]([O-])c1ccc(NCC2CCS(=O)(=O)C2)c2ccncc12. The zero-order chi connectivity index (χ0) is 15.7. The lowest BCUT2D eigenvalue weighted by atomic mass is 10.1. The Morgan fingerprint density at radius 1 is 1.32 bits per heavy atom. The van der Waals surface area contributed by atoms with Crippen LogP contribution in [0, 0.1) is 16.0 Å². The maximum atomic E-state index is 11.5. The summed E-state index contributed by atoms with van der Waals surface area (Å²) in [6.07, 6.45) is 3.71. The highest BCUT2D eigenvalue weighted by atomic mass is 32.2. The van der Waals surface area contributed by atoms with E-state index in [2.05, 4.69) is 10.3 Å². The monoisotopic (exact) mass is 321 g/mol. The lowest BCUT2D eigenvalue weighted by Gasteiger charge is -2.13. The van der Waals surface area contributed by atoms with E-state index in [1.165, 1.54) is 12.3 Å². The molecule has 116 valence electrons. The molecule has 1 aromatic carbocycles. The van der Waals surface area contributed by atoms with E-state index in [9.17, 15) is 18.5 Å². The Labute approximate surface area is 127 Å². The van der Waals surface area contributed by atoms with Crippen LogP contribution >= 0.6 is 0 Å². The van der Waals surface area contributed by atoms with Gasteiger partial charge in [-0.2, -0.15) is 0 Å². The molecule has 2 aromatic rings. The molecule has 1 aromatic heterocycles. The number of non-ortho nitro benzene ring substituents is 1. The van der Waals surface area contributed by atoms with Crippen LogP contribution in [-0.4, -0.2) is 36.4 Å². The van der Waals surface area contributed by atoms with Crippen LogP contribution in [0.25, 0.3) is 10.8 Å². The molecule has 1 fully saturated rings. The number of rotatable bonds is 4. The van der Waals surface area contributed by atoms with Gasteiger partial charge in [0.25, 0.3) is 5.69 Å². The number of aromatic nitrogens is 1. The average molecular weight is 321 g/mol. The molecule has 0 amide bonds. The minimum atomic E-state index is -2.90. The summed E-state index contributed by atoms with van der Waals surface area (Å²) in [4.78, 5) is 14.6. The molecule has 3 rings (SSSR count). The highest BCUT2D eigenvalue weighted by Crippen LogP contribution is 2.31. The highest BCUT2D eigenvalue weighted by molar-refractivity contribution is 7.91. The standard InChI is InChI=1S/C14H15N3O4S/c18-17(19)14-2-1-13(11-3-5-15-8-12(11)14)16-7-10-4-6-22(20,21)9-10/h1-3,5,8,10,16H,4,6-7,9H2. The highest BCUT2D eigenvalue weighted by Gasteiger charge is 2.27. The Bertz CT molecular complexity index is 835. The number of pyridine rings is 1.